The fourth-order valence-corrected chi connectivity index (χ4v) is 5.93. The minimum atomic E-state index is -0.277. The lowest BCUT2D eigenvalue weighted by Crippen LogP contribution is -2.46. The Kier molecular flexibility index (Phi) is 8.66. The summed E-state index contributed by atoms with van der Waals surface area (Å²) < 4.78 is 3.47. The molecule has 10 nitrogen and oxygen atoms in total. The Labute approximate surface area is 275 Å². The molecule has 2 N–H and O–H groups in total. The monoisotopic (exact) mass is 655 g/mol. The number of hydrogen-bond donors (Lipinski definition) is 2. The molecule has 0 radical (unpaired) electrons. The quantitative estimate of drug-likeness (QED) is 0.239. The molecule has 2 aromatic heterocycles. The van der Waals surface area contributed by atoms with Gasteiger partial charge in [0.15, 0.2) is 0 Å². The number of amides is 2. The van der Waals surface area contributed by atoms with Gasteiger partial charge in [-0.2, -0.15) is 0 Å². The van der Waals surface area contributed by atoms with Crippen LogP contribution >= 0.6 is 23.2 Å². The molecule has 0 saturated carbocycles. The highest BCUT2D eigenvalue weighted by molar-refractivity contribution is 6.42. The van der Waals surface area contributed by atoms with Crippen LogP contribution in [0.25, 0.3) is 17.1 Å². The predicted molar refractivity (Wildman–Crippen MR) is 179 cm³/mol. The third-order valence-electron chi connectivity index (χ3n) is 8.11. The number of nitrogens with zero attached hydrogens (tertiary/aromatic N) is 5. The fraction of sp³-hybridized carbons (Fsp3) is 0.206. The van der Waals surface area contributed by atoms with E-state index in [0.29, 0.717) is 57.0 Å². The Hall–Kier alpha value is -4.93. The molecular formula is C34H31Cl2N7O3. The second-order valence-corrected chi connectivity index (χ2v) is 12.0. The molecule has 46 heavy (non-hydrogen) atoms. The molecule has 0 bridgehead atoms. The highest BCUT2D eigenvalue weighted by Gasteiger charge is 2.32. The third-order valence-corrected chi connectivity index (χ3v) is 8.85. The maximum absolute atomic E-state index is 14.2. The summed E-state index contributed by atoms with van der Waals surface area (Å²) in [4.78, 5) is 51.0. The van der Waals surface area contributed by atoms with Crippen molar-refractivity contribution in [2.45, 2.75) is 32.5 Å². The first-order valence-corrected chi connectivity index (χ1v) is 15.4. The van der Waals surface area contributed by atoms with Crippen molar-refractivity contribution in [1.29, 1.82) is 0 Å². The van der Waals surface area contributed by atoms with Gasteiger partial charge < -0.3 is 20.1 Å². The number of anilines is 1. The van der Waals surface area contributed by atoms with Crippen molar-refractivity contribution in [1.82, 2.24) is 29.3 Å². The lowest BCUT2D eigenvalue weighted by atomic mass is 9.98. The predicted octanol–water partition coefficient (Wildman–Crippen LogP) is 5.50. The van der Waals surface area contributed by atoms with Crippen LogP contribution in [0.4, 0.5) is 5.95 Å². The average Bonchev–Trinajstić information content (AvgIpc) is 3.50. The second kappa shape index (κ2) is 12.8. The van der Waals surface area contributed by atoms with Crippen LogP contribution < -0.4 is 16.2 Å². The summed E-state index contributed by atoms with van der Waals surface area (Å²) in [7, 11) is 3.50. The first kappa shape index (κ1) is 31.1. The van der Waals surface area contributed by atoms with Crippen molar-refractivity contribution in [2.24, 2.45) is 7.05 Å². The number of carbonyl (C=O) groups excluding carboxylic acids is 2. The van der Waals surface area contributed by atoms with E-state index in [1.54, 1.807) is 60.6 Å². The lowest BCUT2D eigenvalue weighted by Gasteiger charge is -2.34. The molecule has 1 atom stereocenters. The highest BCUT2D eigenvalue weighted by atomic mass is 35.5. The Morgan fingerprint density at radius 3 is 2.46 bits per heavy atom. The maximum atomic E-state index is 14.2. The molecule has 6 rings (SSSR count). The molecule has 0 aliphatic carbocycles. The topological polar surface area (TPSA) is 114 Å². The van der Waals surface area contributed by atoms with Crippen LogP contribution in [-0.4, -0.2) is 48.9 Å². The van der Waals surface area contributed by atoms with Crippen LogP contribution in [0, 0.1) is 0 Å². The van der Waals surface area contributed by atoms with Crippen molar-refractivity contribution in [3.8, 4) is 17.1 Å². The molecule has 0 saturated heterocycles. The first-order chi connectivity index (χ1) is 22.1. The van der Waals surface area contributed by atoms with E-state index >= 15 is 0 Å². The van der Waals surface area contributed by atoms with Crippen molar-refractivity contribution < 1.29 is 9.59 Å². The molecule has 2 amide bonds. The van der Waals surface area contributed by atoms with Gasteiger partial charge in [-0.15, -0.1) is 0 Å². The van der Waals surface area contributed by atoms with E-state index in [4.69, 9.17) is 28.2 Å². The van der Waals surface area contributed by atoms with Gasteiger partial charge in [-0.25, -0.2) is 14.5 Å². The zero-order valence-corrected chi connectivity index (χ0v) is 26.9. The van der Waals surface area contributed by atoms with E-state index in [9.17, 15) is 14.4 Å². The normalized spacial score (nSPS) is 14.1. The number of aromatic nitrogens is 4. The first-order valence-electron chi connectivity index (χ1n) is 14.7. The van der Waals surface area contributed by atoms with Crippen LogP contribution in [0.15, 0.2) is 83.9 Å². The molecule has 0 unspecified atom stereocenters. The number of fused-ring (bicyclic) bond motifs is 1. The Morgan fingerprint density at radius 2 is 1.76 bits per heavy atom. The second-order valence-electron chi connectivity index (χ2n) is 11.2. The standard InChI is InChI=1S/C34H31Cl2N7O3/c1-20-15-26-29(19-42(20)32(45)24-9-12-27(35)28(36)17-24)40-34(43(33(26)46)25-10-7-22(8-11-25)31(44)37-2)39-18-21-5-4-6-23(16-21)30-38-13-14-41(30)3/h4-14,16-17,20H,15,18-19H2,1-3H3,(H,37,44)(H,39,40)/t20-/m1/s1. The smallest absolute Gasteiger partial charge is 0.263 e. The number of carbonyl (C=O) groups is 2. The lowest BCUT2D eigenvalue weighted by molar-refractivity contribution is 0.0653. The number of aryl methyl sites for hydroxylation is 1. The molecule has 5 aromatic rings. The van der Waals surface area contributed by atoms with Crippen LogP contribution in [-0.2, 0) is 26.6 Å². The molecular weight excluding hydrogens is 625 g/mol. The molecule has 234 valence electrons. The zero-order valence-electron chi connectivity index (χ0n) is 25.4. The summed E-state index contributed by atoms with van der Waals surface area (Å²) in [6.07, 6.45) is 3.96. The summed E-state index contributed by atoms with van der Waals surface area (Å²) in [6, 6.07) is 19.3. The van der Waals surface area contributed by atoms with E-state index in [2.05, 4.69) is 15.6 Å². The summed E-state index contributed by atoms with van der Waals surface area (Å²) in [5.74, 6) is 0.695. The van der Waals surface area contributed by atoms with Crippen LogP contribution in [0.3, 0.4) is 0 Å². The third kappa shape index (κ3) is 6.01. The van der Waals surface area contributed by atoms with Gasteiger partial charge in [0.1, 0.15) is 5.82 Å². The van der Waals surface area contributed by atoms with Gasteiger partial charge in [-0.1, -0.05) is 41.4 Å². The van der Waals surface area contributed by atoms with Crippen LogP contribution in [0.5, 0.6) is 0 Å². The van der Waals surface area contributed by atoms with Gasteiger partial charge in [-0.3, -0.25) is 14.4 Å². The van der Waals surface area contributed by atoms with Crippen molar-refractivity contribution >= 4 is 41.0 Å². The SMILES string of the molecule is CNC(=O)c1ccc(-n2c(NCc3cccc(-c4nccn4C)c3)nc3c(c2=O)C[C@@H](C)N(C(=O)c2ccc(Cl)c(Cl)c2)C3)cc1. The van der Waals surface area contributed by atoms with Gasteiger partial charge in [0, 0.05) is 61.3 Å². The number of nitrogens with one attached hydrogen (secondary N) is 2. The number of halogens is 2. The van der Waals surface area contributed by atoms with E-state index in [1.165, 1.54) is 4.57 Å². The van der Waals surface area contributed by atoms with E-state index in [1.807, 2.05) is 49.0 Å². The summed E-state index contributed by atoms with van der Waals surface area (Å²) >= 11 is 12.3. The summed E-state index contributed by atoms with van der Waals surface area (Å²) in [5.41, 5.74) is 4.14. The van der Waals surface area contributed by atoms with Gasteiger partial charge in [-0.05, 0) is 67.4 Å². The molecule has 0 spiro atoms. The maximum Gasteiger partial charge on any atom is 0.263 e. The minimum Gasteiger partial charge on any atom is -0.355 e. The molecule has 1 aliphatic heterocycles. The minimum absolute atomic E-state index is 0.143. The van der Waals surface area contributed by atoms with Gasteiger partial charge in [0.2, 0.25) is 5.95 Å². The number of rotatable bonds is 7. The number of hydrogen-bond acceptors (Lipinski definition) is 6. The highest BCUT2D eigenvalue weighted by Crippen LogP contribution is 2.28. The number of benzene rings is 3. The Morgan fingerprint density at radius 1 is 1.00 bits per heavy atom. The fourth-order valence-electron chi connectivity index (χ4n) is 5.64. The number of imidazole rings is 1. The molecule has 3 heterocycles. The molecule has 1 aliphatic rings. The van der Waals surface area contributed by atoms with E-state index < -0.39 is 0 Å². The van der Waals surface area contributed by atoms with Gasteiger partial charge >= 0.3 is 0 Å². The van der Waals surface area contributed by atoms with Gasteiger partial charge in [0.25, 0.3) is 17.4 Å². The van der Waals surface area contributed by atoms with Crippen LogP contribution in [0.2, 0.25) is 10.0 Å². The largest absolute Gasteiger partial charge is 0.355 e. The average molecular weight is 657 g/mol. The van der Waals surface area contributed by atoms with Crippen molar-refractivity contribution in [2.75, 3.05) is 12.4 Å². The van der Waals surface area contributed by atoms with E-state index in [-0.39, 0.29) is 30.0 Å². The molecule has 0 fully saturated rings. The summed E-state index contributed by atoms with van der Waals surface area (Å²) in [6.45, 7) is 2.41. The zero-order chi connectivity index (χ0) is 32.5. The van der Waals surface area contributed by atoms with Gasteiger partial charge in [0.05, 0.1) is 28.0 Å². The van der Waals surface area contributed by atoms with Crippen molar-refractivity contribution in [3.63, 3.8) is 0 Å². The van der Waals surface area contributed by atoms with Crippen molar-refractivity contribution in [3.05, 3.63) is 127 Å². The Balaban J connectivity index is 1.38. The summed E-state index contributed by atoms with van der Waals surface area (Å²) in [5, 5.41) is 6.63. The van der Waals surface area contributed by atoms with E-state index in [0.717, 1.165) is 17.0 Å². The Bertz CT molecular complexity index is 2020. The van der Waals surface area contributed by atoms with Crippen LogP contribution in [0.1, 0.15) is 44.5 Å². The molecule has 3 aromatic carbocycles. The molecule has 12 heteroatoms.